The lowest BCUT2D eigenvalue weighted by Crippen LogP contribution is -2.44. The minimum Gasteiger partial charge on any atom is -0.374 e. The van der Waals surface area contributed by atoms with E-state index in [9.17, 15) is 0 Å². The zero-order chi connectivity index (χ0) is 13.1. The summed E-state index contributed by atoms with van der Waals surface area (Å²) in [4.78, 5) is 2.32. The summed E-state index contributed by atoms with van der Waals surface area (Å²) in [7, 11) is 4.13. The molecule has 1 aliphatic rings. The highest BCUT2D eigenvalue weighted by atomic mass is 16.5. The third-order valence-electron chi connectivity index (χ3n) is 3.67. The average molecular weight is 252 g/mol. The van der Waals surface area contributed by atoms with Crippen LogP contribution in [0.4, 0.5) is 0 Å². The number of likely N-dealkylation sites (N-methyl/N-ethyl adjacent to an activating group) is 1. The van der Waals surface area contributed by atoms with E-state index < -0.39 is 0 Å². The number of hydrogen-bond acceptors (Lipinski definition) is 4. The molecule has 0 aromatic carbocycles. The second kappa shape index (κ2) is 5.82. The van der Waals surface area contributed by atoms with E-state index in [2.05, 4.69) is 36.2 Å². The maximum Gasteiger partial charge on any atom is 0.0826 e. The molecule has 5 nitrogen and oxygen atoms in total. The standard InChI is InChI=1S/C13H24N4O/c1-10-13(11(2)17(4)15-10)8-14-7-12-9-16(3)5-6-18-12/h12,14H,5-9H2,1-4H3/t12-/m0/s1. The Labute approximate surface area is 109 Å². The van der Waals surface area contributed by atoms with Crippen LogP contribution in [0, 0.1) is 13.8 Å². The molecule has 0 bridgehead atoms. The summed E-state index contributed by atoms with van der Waals surface area (Å²) in [5.74, 6) is 0. The molecule has 0 radical (unpaired) electrons. The van der Waals surface area contributed by atoms with Crippen molar-refractivity contribution < 1.29 is 4.74 Å². The fourth-order valence-electron chi connectivity index (χ4n) is 2.42. The van der Waals surface area contributed by atoms with Crippen molar-refractivity contribution in [3.63, 3.8) is 0 Å². The summed E-state index contributed by atoms with van der Waals surface area (Å²) in [6.45, 7) is 8.84. The quantitative estimate of drug-likeness (QED) is 0.845. The third-order valence-corrected chi connectivity index (χ3v) is 3.67. The second-order valence-corrected chi connectivity index (χ2v) is 5.16. The van der Waals surface area contributed by atoms with Gasteiger partial charge in [0.05, 0.1) is 18.4 Å². The molecule has 0 unspecified atom stereocenters. The van der Waals surface area contributed by atoms with Gasteiger partial charge in [0.25, 0.3) is 0 Å². The van der Waals surface area contributed by atoms with Gasteiger partial charge in [0.15, 0.2) is 0 Å². The Hall–Kier alpha value is -0.910. The smallest absolute Gasteiger partial charge is 0.0826 e. The minimum atomic E-state index is 0.307. The van der Waals surface area contributed by atoms with Crippen molar-refractivity contribution in [1.82, 2.24) is 20.0 Å². The van der Waals surface area contributed by atoms with E-state index in [4.69, 9.17) is 4.74 Å². The highest BCUT2D eigenvalue weighted by molar-refractivity contribution is 5.23. The summed E-state index contributed by atoms with van der Waals surface area (Å²) in [6.07, 6.45) is 0.307. The maximum atomic E-state index is 5.73. The molecule has 0 amide bonds. The Kier molecular flexibility index (Phi) is 4.37. The van der Waals surface area contributed by atoms with Gasteiger partial charge < -0.3 is 15.0 Å². The van der Waals surface area contributed by atoms with E-state index in [-0.39, 0.29) is 0 Å². The number of aryl methyl sites for hydroxylation is 2. The number of aromatic nitrogens is 2. The normalized spacial score (nSPS) is 21.4. The van der Waals surface area contributed by atoms with Crippen LogP contribution in [0.1, 0.15) is 17.0 Å². The van der Waals surface area contributed by atoms with Crippen LogP contribution in [-0.2, 0) is 18.3 Å². The fourth-order valence-corrected chi connectivity index (χ4v) is 2.42. The van der Waals surface area contributed by atoms with Crippen LogP contribution in [0.25, 0.3) is 0 Å². The van der Waals surface area contributed by atoms with Crippen molar-refractivity contribution in [2.45, 2.75) is 26.5 Å². The van der Waals surface area contributed by atoms with Crippen LogP contribution in [0.15, 0.2) is 0 Å². The molecule has 1 saturated heterocycles. The van der Waals surface area contributed by atoms with E-state index in [0.717, 1.165) is 38.5 Å². The molecule has 1 aliphatic heterocycles. The first-order valence-electron chi connectivity index (χ1n) is 6.58. The Morgan fingerprint density at radius 2 is 2.17 bits per heavy atom. The first kappa shape index (κ1) is 13.5. The summed E-state index contributed by atoms with van der Waals surface area (Å²) in [5.41, 5.74) is 3.66. The largest absolute Gasteiger partial charge is 0.374 e. The third kappa shape index (κ3) is 3.10. The Morgan fingerprint density at radius 1 is 1.39 bits per heavy atom. The van der Waals surface area contributed by atoms with E-state index in [1.54, 1.807) is 0 Å². The summed E-state index contributed by atoms with van der Waals surface area (Å²) >= 11 is 0. The Bertz CT molecular complexity index is 402. The molecule has 0 aliphatic carbocycles. The van der Waals surface area contributed by atoms with E-state index >= 15 is 0 Å². The van der Waals surface area contributed by atoms with E-state index in [0.29, 0.717) is 6.10 Å². The van der Waals surface area contributed by atoms with Gasteiger partial charge >= 0.3 is 0 Å². The van der Waals surface area contributed by atoms with Gasteiger partial charge in [-0.3, -0.25) is 4.68 Å². The molecule has 1 aromatic rings. The van der Waals surface area contributed by atoms with Crippen molar-refractivity contribution in [3.05, 3.63) is 17.0 Å². The molecule has 0 saturated carbocycles. The SMILES string of the molecule is Cc1nn(C)c(C)c1CNC[C@H]1CN(C)CCO1. The van der Waals surface area contributed by atoms with Gasteiger partial charge in [-0.2, -0.15) is 5.10 Å². The molecule has 1 N–H and O–H groups in total. The number of rotatable bonds is 4. The molecule has 2 rings (SSSR count). The molecule has 1 atom stereocenters. The zero-order valence-electron chi connectivity index (χ0n) is 11.9. The van der Waals surface area contributed by atoms with Gasteiger partial charge in [-0.1, -0.05) is 0 Å². The van der Waals surface area contributed by atoms with Crippen LogP contribution in [0.3, 0.4) is 0 Å². The van der Waals surface area contributed by atoms with Crippen molar-refractivity contribution in [2.75, 3.05) is 33.3 Å². The molecule has 18 heavy (non-hydrogen) atoms. The minimum absolute atomic E-state index is 0.307. The number of nitrogens with one attached hydrogen (secondary N) is 1. The zero-order valence-corrected chi connectivity index (χ0v) is 11.9. The van der Waals surface area contributed by atoms with Gasteiger partial charge in [-0.15, -0.1) is 0 Å². The lowest BCUT2D eigenvalue weighted by atomic mass is 10.2. The van der Waals surface area contributed by atoms with Gasteiger partial charge in [0.2, 0.25) is 0 Å². The monoisotopic (exact) mass is 252 g/mol. The van der Waals surface area contributed by atoms with Gasteiger partial charge in [0.1, 0.15) is 0 Å². The lowest BCUT2D eigenvalue weighted by Gasteiger charge is -2.30. The summed E-state index contributed by atoms with van der Waals surface area (Å²) < 4.78 is 7.67. The molecular formula is C13H24N4O. The van der Waals surface area contributed by atoms with Crippen LogP contribution in [0.5, 0.6) is 0 Å². The molecular weight excluding hydrogens is 228 g/mol. The molecule has 0 spiro atoms. The molecule has 2 heterocycles. The van der Waals surface area contributed by atoms with Crippen molar-refractivity contribution in [1.29, 1.82) is 0 Å². The average Bonchev–Trinajstić information content (AvgIpc) is 2.56. The topological polar surface area (TPSA) is 42.3 Å². The predicted octanol–water partition coefficient (Wildman–Crippen LogP) is 0.457. The number of ether oxygens (including phenoxy) is 1. The number of nitrogens with zero attached hydrogens (tertiary/aromatic N) is 3. The molecule has 1 aromatic heterocycles. The predicted molar refractivity (Wildman–Crippen MR) is 71.6 cm³/mol. The molecule has 102 valence electrons. The molecule has 5 heteroatoms. The fraction of sp³-hybridized carbons (Fsp3) is 0.769. The maximum absolute atomic E-state index is 5.73. The van der Waals surface area contributed by atoms with Crippen molar-refractivity contribution in [3.8, 4) is 0 Å². The first-order valence-corrected chi connectivity index (χ1v) is 6.58. The van der Waals surface area contributed by atoms with E-state index in [1.807, 2.05) is 11.7 Å². The second-order valence-electron chi connectivity index (χ2n) is 5.16. The molecule has 1 fully saturated rings. The van der Waals surface area contributed by atoms with Crippen molar-refractivity contribution in [2.24, 2.45) is 7.05 Å². The summed E-state index contributed by atoms with van der Waals surface area (Å²) in [5, 5.41) is 7.91. The summed E-state index contributed by atoms with van der Waals surface area (Å²) in [6, 6.07) is 0. The van der Waals surface area contributed by atoms with Gasteiger partial charge in [0, 0.05) is 44.5 Å². The van der Waals surface area contributed by atoms with Crippen molar-refractivity contribution >= 4 is 0 Å². The number of hydrogen-bond donors (Lipinski definition) is 1. The highest BCUT2D eigenvalue weighted by Crippen LogP contribution is 2.11. The highest BCUT2D eigenvalue weighted by Gasteiger charge is 2.17. The number of morpholine rings is 1. The van der Waals surface area contributed by atoms with Crippen LogP contribution < -0.4 is 5.32 Å². The van der Waals surface area contributed by atoms with Gasteiger partial charge in [-0.25, -0.2) is 0 Å². The van der Waals surface area contributed by atoms with Crippen LogP contribution in [-0.4, -0.2) is 54.1 Å². The first-order chi connectivity index (χ1) is 8.58. The van der Waals surface area contributed by atoms with E-state index in [1.165, 1.54) is 11.3 Å². The van der Waals surface area contributed by atoms with Crippen LogP contribution in [0.2, 0.25) is 0 Å². The Balaban J connectivity index is 1.81. The Morgan fingerprint density at radius 3 is 2.78 bits per heavy atom. The van der Waals surface area contributed by atoms with Gasteiger partial charge in [-0.05, 0) is 20.9 Å². The lowest BCUT2D eigenvalue weighted by molar-refractivity contribution is -0.0182. The van der Waals surface area contributed by atoms with Crippen LogP contribution >= 0.6 is 0 Å².